The van der Waals surface area contributed by atoms with Gasteiger partial charge in [-0.05, 0) is 37.3 Å². The summed E-state index contributed by atoms with van der Waals surface area (Å²) in [6.45, 7) is 4.70. The van der Waals surface area contributed by atoms with E-state index < -0.39 is 0 Å². The normalized spacial score (nSPS) is 22.7. The molecule has 3 heterocycles. The van der Waals surface area contributed by atoms with Crippen molar-refractivity contribution >= 4 is 16.5 Å². The number of hydrogen-bond donors (Lipinski definition) is 1. The van der Waals surface area contributed by atoms with Crippen LogP contribution in [0.1, 0.15) is 31.2 Å². The number of H-pyrrole nitrogens is 1. The molecule has 1 saturated heterocycles. The molecule has 1 unspecified atom stereocenters. The Morgan fingerprint density at radius 3 is 3.04 bits per heavy atom. The molecule has 2 aliphatic rings. The minimum atomic E-state index is 0.0286. The van der Waals surface area contributed by atoms with Crippen molar-refractivity contribution in [2.75, 3.05) is 32.8 Å². The maximum Gasteiger partial charge on any atom is 0.157 e. The first-order valence-electron chi connectivity index (χ1n) is 9.11. The molecule has 0 amide bonds. The van der Waals surface area contributed by atoms with Crippen LogP contribution in [0, 0.1) is 0 Å². The van der Waals surface area contributed by atoms with E-state index >= 15 is 0 Å². The van der Waals surface area contributed by atoms with Crippen LogP contribution in [0.5, 0.6) is 0 Å². The highest BCUT2D eigenvalue weighted by molar-refractivity contribution is 5.92. The van der Waals surface area contributed by atoms with Gasteiger partial charge in [0, 0.05) is 48.9 Å². The molecule has 4 nitrogen and oxygen atoms in total. The third kappa shape index (κ3) is 3.56. The zero-order valence-electron chi connectivity index (χ0n) is 14.2. The third-order valence-corrected chi connectivity index (χ3v) is 5.08. The van der Waals surface area contributed by atoms with Gasteiger partial charge in [-0.1, -0.05) is 24.3 Å². The van der Waals surface area contributed by atoms with Gasteiger partial charge in [0.25, 0.3) is 0 Å². The molecule has 1 aromatic heterocycles. The van der Waals surface area contributed by atoms with Crippen LogP contribution in [-0.2, 0) is 9.47 Å². The van der Waals surface area contributed by atoms with Crippen molar-refractivity contribution in [3.8, 4) is 0 Å². The Hall–Kier alpha value is -1.62. The van der Waals surface area contributed by atoms with Crippen molar-refractivity contribution in [1.29, 1.82) is 0 Å². The van der Waals surface area contributed by atoms with Crippen molar-refractivity contribution < 1.29 is 9.47 Å². The third-order valence-electron chi connectivity index (χ3n) is 5.08. The van der Waals surface area contributed by atoms with E-state index in [0.29, 0.717) is 0 Å². The number of ether oxygens (including phenoxy) is 2. The van der Waals surface area contributed by atoms with Crippen molar-refractivity contribution in [3.63, 3.8) is 0 Å². The van der Waals surface area contributed by atoms with Gasteiger partial charge in [0.05, 0.1) is 6.61 Å². The van der Waals surface area contributed by atoms with Gasteiger partial charge in [0.15, 0.2) is 6.29 Å². The lowest BCUT2D eigenvalue weighted by molar-refractivity contribution is -0.164. The van der Waals surface area contributed by atoms with Crippen LogP contribution in [0.2, 0.25) is 0 Å². The molecule has 24 heavy (non-hydrogen) atoms. The number of aromatic nitrogens is 1. The fourth-order valence-electron chi connectivity index (χ4n) is 3.65. The van der Waals surface area contributed by atoms with Gasteiger partial charge < -0.3 is 14.5 Å². The molecule has 1 aromatic carbocycles. The zero-order chi connectivity index (χ0) is 16.2. The second kappa shape index (κ2) is 7.51. The van der Waals surface area contributed by atoms with Crippen LogP contribution in [0.3, 0.4) is 0 Å². The molecule has 0 bridgehead atoms. The number of nitrogens with one attached hydrogen (secondary N) is 1. The lowest BCUT2D eigenvalue weighted by Crippen LogP contribution is -2.33. The summed E-state index contributed by atoms with van der Waals surface area (Å²) in [4.78, 5) is 5.84. The lowest BCUT2D eigenvalue weighted by Gasteiger charge is -2.28. The molecule has 128 valence electrons. The van der Waals surface area contributed by atoms with Gasteiger partial charge in [0.1, 0.15) is 0 Å². The summed E-state index contributed by atoms with van der Waals surface area (Å²) in [6, 6.07) is 8.53. The molecule has 2 aromatic rings. The van der Waals surface area contributed by atoms with E-state index in [2.05, 4.69) is 46.4 Å². The zero-order valence-corrected chi connectivity index (χ0v) is 14.2. The highest BCUT2D eigenvalue weighted by atomic mass is 16.7. The Morgan fingerprint density at radius 2 is 2.21 bits per heavy atom. The Balaban J connectivity index is 1.30. The van der Waals surface area contributed by atoms with E-state index in [-0.39, 0.29) is 6.29 Å². The quantitative estimate of drug-likeness (QED) is 0.908. The van der Waals surface area contributed by atoms with Crippen molar-refractivity contribution in [2.24, 2.45) is 0 Å². The summed E-state index contributed by atoms with van der Waals surface area (Å²) in [5.41, 5.74) is 4.04. The molecule has 1 N–H and O–H groups in total. The van der Waals surface area contributed by atoms with Gasteiger partial charge in [-0.3, -0.25) is 4.90 Å². The van der Waals surface area contributed by atoms with Gasteiger partial charge in [-0.2, -0.15) is 0 Å². The Morgan fingerprint density at radius 1 is 1.25 bits per heavy atom. The molecule has 0 spiro atoms. The SMILES string of the molecule is C1=C(c2c[nH]c3ccccc23)CCN(CCOC2CCCCO2)C1. The first kappa shape index (κ1) is 15.9. The van der Waals surface area contributed by atoms with Crippen LogP contribution >= 0.6 is 0 Å². The van der Waals surface area contributed by atoms with E-state index in [1.54, 1.807) is 0 Å². The van der Waals surface area contributed by atoms with E-state index in [1.165, 1.54) is 34.9 Å². The summed E-state index contributed by atoms with van der Waals surface area (Å²) in [7, 11) is 0. The average molecular weight is 326 g/mol. The number of hydrogen-bond acceptors (Lipinski definition) is 3. The van der Waals surface area contributed by atoms with Crippen LogP contribution in [0.4, 0.5) is 0 Å². The first-order chi connectivity index (χ1) is 11.9. The molecular weight excluding hydrogens is 300 g/mol. The van der Waals surface area contributed by atoms with E-state index in [1.807, 2.05) is 0 Å². The van der Waals surface area contributed by atoms with E-state index in [4.69, 9.17) is 9.47 Å². The number of para-hydroxylation sites is 1. The number of rotatable bonds is 5. The second-order valence-electron chi connectivity index (χ2n) is 6.69. The summed E-state index contributed by atoms with van der Waals surface area (Å²) >= 11 is 0. The molecule has 1 atom stereocenters. The van der Waals surface area contributed by atoms with Crippen molar-refractivity contribution in [3.05, 3.63) is 42.1 Å². The molecule has 0 radical (unpaired) electrons. The second-order valence-corrected chi connectivity index (χ2v) is 6.69. The van der Waals surface area contributed by atoms with Gasteiger partial charge in [-0.25, -0.2) is 0 Å². The fourth-order valence-corrected chi connectivity index (χ4v) is 3.65. The summed E-state index contributed by atoms with van der Waals surface area (Å²) in [5.74, 6) is 0. The largest absolute Gasteiger partial charge is 0.361 e. The average Bonchev–Trinajstić information content (AvgIpc) is 3.07. The highest BCUT2D eigenvalue weighted by Crippen LogP contribution is 2.29. The van der Waals surface area contributed by atoms with E-state index in [0.717, 1.165) is 45.7 Å². The van der Waals surface area contributed by atoms with Crippen LogP contribution in [0.25, 0.3) is 16.5 Å². The standard InChI is InChI=1S/C20H26N2O2/c1-2-6-19-17(5-1)18(15-21-19)16-8-10-22(11-9-16)12-14-24-20-7-3-4-13-23-20/h1-2,5-6,8,15,20-21H,3-4,7,9-14H2. The van der Waals surface area contributed by atoms with Gasteiger partial charge in [0.2, 0.25) is 0 Å². The maximum absolute atomic E-state index is 5.85. The lowest BCUT2D eigenvalue weighted by atomic mass is 9.99. The van der Waals surface area contributed by atoms with Crippen LogP contribution in [0.15, 0.2) is 36.5 Å². The van der Waals surface area contributed by atoms with Gasteiger partial charge >= 0.3 is 0 Å². The number of nitrogens with zero attached hydrogens (tertiary/aromatic N) is 1. The Bertz CT molecular complexity index is 700. The summed E-state index contributed by atoms with van der Waals surface area (Å²) in [6.07, 6.45) is 9.09. The smallest absolute Gasteiger partial charge is 0.157 e. The first-order valence-corrected chi connectivity index (χ1v) is 9.11. The van der Waals surface area contributed by atoms with Gasteiger partial charge in [-0.15, -0.1) is 0 Å². The van der Waals surface area contributed by atoms with Crippen LogP contribution < -0.4 is 0 Å². The Labute approximate surface area is 143 Å². The minimum absolute atomic E-state index is 0.0286. The highest BCUT2D eigenvalue weighted by Gasteiger charge is 2.17. The molecule has 4 heteroatoms. The predicted molar refractivity (Wildman–Crippen MR) is 96.9 cm³/mol. The minimum Gasteiger partial charge on any atom is -0.361 e. The monoisotopic (exact) mass is 326 g/mol. The molecule has 0 saturated carbocycles. The molecular formula is C20H26N2O2. The van der Waals surface area contributed by atoms with Crippen molar-refractivity contribution in [2.45, 2.75) is 32.0 Å². The molecule has 0 aliphatic carbocycles. The topological polar surface area (TPSA) is 37.5 Å². The number of aromatic amines is 1. The maximum atomic E-state index is 5.85. The fraction of sp³-hybridized carbons (Fsp3) is 0.500. The number of benzene rings is 1. The van der Waals surface area contributed by atoms with Crippen molar-refractivity contribution in [1.82, 2.24) is 9.88 Å². The van der Waals surface area contributed by atoms with E-state index in [9.17, 15) is 0 Å². The molecule has 2 aliphatic heterocycles. The molecule has 4 rings (SSSR count). The summed E-state index contributed by atoms with van der Waals surface area (Å²) in [5, 5.41) is 1.33. The Kier molecular flexibility index (Phi) is 4.97. The summed E-state index contributed by atoms with van der Waals surface area (Å²) < 4.78 is 11.5. The predicted octanol–water partition coefficient (Wildman–Crippen LogP) is 3.80. The number of fused-ring (bicyclic) bond motifs is 1. The van der Waals surface area contributed by atoms with Crippen LogP contribution in [-0.4, -0.2) is 49.0 Å². The molecule has 1 fully saturated rings.